The smallest absolute Gasteiger partial charge is 0.257 e. The first kappa shape index (κ1) is 22.0. The Morgan fingerprint density at radius 2 is 1.55 bits per heavy atom. The monoisotopic (exact) mass is 438 g/mol. The number of benzene rings is 3. The van der Waals surface area contributed by atoms with Crippen LogP contribution < -0.4 is 5.32 Å². The maximum absolute atomic E-state index is 13.3. The molecule has 0 atom stereocenters. The number of aryl methyl sites for hydroxylation is 1. The highest BCUT2D eigenvalue weighted by molar-refractivity contribution is 6.02. The van der Waals surface area contributed by atoms with Gasteiger partial charge in [-0.2, -0.15) is 5.10 Å². The van der Waals surface area contributed by atoms with Gasteiger partial charge in [0.2, 0.25) is 5.91 Å². The molecule has 0 radical (unpaired) electrons. The summed E-state index contributed by atoms with van der Waals surface area (Å²) in [7, 11) is 1.63. The molecule has 0 bridgehead atoms. The molecule has 0 spiro atoms. The Morgan fingerprint density at radius 3 is 2.21 bits per heavy atom. The van der Waals surface area contributed by atoms with Crippen molar-refractivity contribution < 1.29 is 9.59 Å². The molecule has 6 nitrogen and oxygen atoms in total. The quantitative estimate of drug-likeness (QED) is 0.458. The van der Waals surface area contributed by atoms with Crippen molar-refractivity contribution in [3.63, 3.8) is 0 Å². The normalized spacial score (nSPS) is 10.6. The van der Waals surface area contributed by atoms with E-state index in [-0.39, 0.29) is 18.4 Å². The van der Waals surface area contributed by atoms with Crippen LogP contribution in [0, 0.1) is 6.92 Å². The van der Waals surface area contributed by atoms with E-state index in [9.17, 15) is 9.59 Å². The van der Waals surface area contributed by atoms with Crippen molar-refractivity contribution >= 4 is 17.5 Å². The fourth-order valence-electron chi connectivity index (χ4n) is 3.57. The molecule has 0 aliphatic carbocycles. The summed E-state index contributed by atoms with van der Waals surface area (Å²) < 4.78 is 1.77. The van der Waals surface area contributed by atoms with Crippen LogP contribution in [0.5, 0.6) is 0 Å². The van der Waals surface area contributed by atoms with Gasteiger partial charge in [0.1, 0.15) is 5.69 Å². The molecule has 33 heavy (non-hydrogen) atoms. The number of rotatable bonds is 7. The number of hydrogen-bond acceptors (Lipinski definition) is 3. The first-order chi connectivity index (χ1) is 16.0. The lowest BCUT2D eigenvalue weighted by Gasteiger charge is -2.17. The van der Waals surface area contributed by atoms with E-state index < -0.39 is 0 Å². The Balaban J connectivity index is 1.54. The van der Waals surface area contributed by atoms with E-state index in [1.165, 1.54) is 4.90 Å². The third-order valence-electron chi connectivity index (χ3n) is 5.29. The van der Waals surface area contributed by atoms with Crippen molar-refractivity contribution in [3.8, 4) is 11.3 Å². The molecule has 0 saturated heterocycles. The first-order valence-electron chi connectivity index (χ1n) is 10.8. The van der Waals surface area contributed by atoms with Crippen molar-refractivity contribution in [2.45, 2.75) is 13.5 Å². The van der Waals surface area contributed by atoms with Gasteiger partial charge >= 0.3 is 0 Å². The molecule has 0 saturated carbocycles. The molecule has 166 valence electrons. The second-order valence-electron chi connectivity index (χ2n) is 8.02. The van der Waals surface area contributed by atoms with Crippen LogP contribution in [0.4, 0.5) is 5.69 Å². The number of anilines is 1. The third kappa shape index (κ3) is 5.54. The van der Waals surface area contributed by atoms with Crippen LogP contribution in [0.1, 0.15) is 21.5 Å². The van der Waals surface area contributed by atoms with Crippen LogP contribution in [0.2, 0.25) is 0 Å². The Hall–Kier alpha value is -4.19. The molecule has 1 heterocycles. The largest absolute Gasteiger partial charge is 0.332 e. The molecule has 0 fully saturated rings. The van der Waals surface area contributed by atoms with Crippen molar-refractivity contribution in [1.82, 2.24) is 14.7 Å². The fourth-order valence-corrected chi connectivity index (χ4v) is 3.57. The van der Waals surface area contributed by atoms with Gasteiger partial charge in [-0.1, -0.05) is 78.4 Å². The summed E-state index contributed by atoms with van der Waals surface area (Å²) in [6.07, 6.45) is 1.76. The van der Waals surface area contributed by atoms with E-state index in [1.54, 1.807) is 17.9 Å². The predicted octanol–water partition coefficient (Wildman–Crippen LogP) is 4.62. The molecule has 4 aromatic rings. The number of nitrogens with one attached hydrogen (secondary N) is 1. The maximum Gasteiger partial charge on any atom is 0.257 e. The van der Waals surface area contributed by atoms with E-state index in [0.717, 1.165) is 16.7 Å². The standard InChI is InChI=1S/C27H26N4O2/c1-20-13-15-23(16-14-20)28-25(32)19-30(2)27(33)24-18-31(17-21-9-5-3-6-10-21)29-26(24)22-11-7-4-8-12-22/h3-16,18H,17,19H2,1-2H3,(H,28,32). The second kappa shape index (κ2) is 9.96. The van der Waals surface area contributed by atoms with Crippen molar-refractivity contribution in [3.05, 3.63) is 108 Å². The zero-order valence-corrected chi connectivity index (χ0v) is 18.7. The lowest BCUT2D eigenvalue weighted by atomic mass is 10.1. The number of likely N-dealkylation sites (N-methyl/N-ethyl adjacent to an activating group) is 1. The topological polar surface area (TPSA) is 67.2 Å². The second-order valence-corrected chi connectivity index (χ2v) is 8.02. The fraction of sp³-hybridized carbons (Fsp3) is 0.148. The molecule has 0 aliphatic heterocycles. The SMILES string of the molecule is Cc1ccc(NC(=O)CN(C)C(=O)c2cn(Cc3ccccc3)nc2-c2ccccc2)cc1. The summed E-state index contributed by atoms with van der Waals surface area (Å²) in [4.78, 5) is 27.3. The van der Waals surface area contributed by atoms with Gasteiger partial charge < -0.3 is 10.2 Å². The van der Waals surface area contributed by atoms with Crippen molar-refractivity contribution in [2.24, 2.45) is 0 Å². The molecule has 6 heteroatoms. The molecule has 3 aromatic carbocycles. The molecule has 0 aliphatic rings. The first-order valence-corrected chi connectivity index (χ1v) is 10.8. The number of carbonyl (C=O) groups is 2. The molecular weight excluding hydrogens is 412 g/mol. The van der Waals surface area contributed by atoms with Crippen molar-refractivity contribution in [2.75, 3.05) is 18.9 Å². The Kier molecular flexibility index (Phi) is 6.64. The summed E-state index contributed by atoms with van der Waals surface area (Å²) in [5.41, 5.74) is 4.81. The average molecular weight is 439 g/mol. The van der Waals surface area contributed by atoms with Crippen molar-refractivity contribution in [1.29, 1.82) is 0 Å². The minimum atomic E-state index is -0.257. The van der Waals surface area contributed by atoms with Gasteiger partial charge in [0.15, 0.2) is 0 Å². The van der Waals surface area contributed by atoms with E-state index in [4.69, 9.17) is 5.10 Å². The lowest BCUT2D eigenvalue weighted by molar-refractivity contribution is -0.116. The van der Waals surface area contributed by atoms with Crippen LogP contribution in [-0.4, -0.2) is 40.1 Å². The van der Waals surface area contributed by atoms with Crippen LogP contribution in [0.25, 0.3) is 11.3 Å². The minimum absolute atomic E-state index is 0.0647. The van der Waals surface area contributed by atoms with Gasteiger partial charge in [-0.15, -0.1) is 0 Å². The van der Waals surface area contributed by atoms with Gasteiger partial charge in [0.05, 0.1) is 18.7 Å². The summed E-state index contributed by atoms with van der Waals surface area (Å²) in [6, 6.07) is 27.1. The summed E-state index contributed by atoms with van der Waals surface area (Å²) in [6.45, 7) is 2.47. The Morgan fingerprint density at radius 1 is 0.909 bits per heavy atom. The zero-order chi connectivity index (χ0) is 23.2. The summed E-state index contributed by atoms with van der Waals surface area (Å²) in [5.74, 6) is -0.514. The number of amides is 2. The van der Waals surface area contributed by atoms with Gasteiger partial charge in [0, 0.05) is 24.5 Å². The van der Waals surface area contributed by atoms with E-state index in [2.05, 4.69) is 5.32 Å². The minimum Gasteiger partial charge on any atom is -0.332 e. The average Bonchev–Trinajstić information content (AvgIpc) is 3.25. The van der Waals surface area contributed by atoms with E-state index in [0.29, 0.717) is 23.5 Å². The van der Waals surface area contributed by atoms with Crippen LogP contribution in [0.3, 0.4) is 0 Å². The van der Waals surface area contributed by atoms with Gasteiger partial charge in [-0.3, -0.25) is 14.3 Å². The van der Waals surface area contributed by atoms with Gasteiger partial charge in [-0.25, -0.2) is 0 Å². The number of aromatic nitrogens is 2. The molecule has 2 amide bonds. The molecule has 0 unspecified atom stereocenters. The zero-order valence-electron chi connectivity index (χ0n) is 18.7. The molecule has 1 N–H and O–H groups in total. The third-order valence-corrected chi connectivity index (χ3v) is 5.29. The highest BCUT2D eigenvalue weighted by Gasteiger charge is 2.22. The molecule has 4 rings (SSSR count). The maximum atomic E-state index is 13.3. The van der Waals surface area contributed by atoms with E-state index in [1.807, 2.05) is 91.9 Å². The summed E-state index contributed by atoms with van der Waals surface area (Å²) in [5, 5.41) is 7.54. The lowest BCUT2D eigenvalue weighted by Crippen LogP contribution is -2.35. The molecule has 1 aromatic heterocycles. The van der Waals surface area contributed by atoms with Crippen LogP contribution in [-0.2, 0) is 11.3 Å². The summed E-state index contributed by atoms with van der Waals surface area (Å²) >= 11 is 0. The van der Waals surface area contributed by atoms with E-state index >= 15 is 0 Å². The number of hydrogen-bond donors (Lipinski definition) is 1. The predicted molar refractivity (Wildman–Crippen MR) is 130 cm³/mol. The highest BCUT2D eigenvalue weighted by atomic mass is 16.2. The van der Waals surface area contributed by atoms with Gasteiger partial charge in [-0.05, 0) is 24.6 Å². The van der Waals surface area contributed by atoms with Crippen LogP contribution in [0.15, 0.2) is 91.1 Å². The Bertz CT molecular complexity index is 1230. The molecular formula is C27H26N4O2. The van der Waals surface area contributed by atoms with Gasteiger partial charge in [0.25, 0.3) is 5.91 Å². The number of nitrogens with zero attached hydrogens (tertiary/aromatic N) is 3. The Labute approximate surface area is 193 Å². The highest BCUT2D eigenvalue weighted by Crippen LogP contribution is 2.23. The number of carbonyl (C=O) groups excluding carboxylic acids is 2. The van der Waals surface area contributed by atoms with Crippen LogP contribution >= 0.6 is 0 Å².